The third-order valence-corrected chi connectivity index (χ3v) is 4.99. The lowest BCUT2D eigenvalue weighted by Crippen LogP contribution is -2.39. The largest absolute Gasteiger partial charge is 0.338 e. The van der Waals surface area contributed by atoms with Crippen molar-refractivity contribution in [2.24, 2.45) is 5.92 Å². The topological polar surface area (TPSA) is 93.9 Å². The fourth-order valence-corrected chi connectivity index (χ4v) is 3.52. The lowest BCUT2D eigenvalue weighted by Gasteiger charge is -2.30. The van der Waals surface area contributed by atoms with Crippen LogP contribution in [-0.2, 0) is 0 Å². The van der Waals surface area contributed by atoms with Gasteiger partial charge in [-0.3, -0.25) is 15.2 Å². The molecule has 2 aromatic heterocycles. The summed E-state index contributed by atoms with van der Waals surface area (Å²) in [4.78, 5) is 22.7. The molecule has 0 spiro atoms. The molecule has 7 nitrogen and oxygen atoms in total. The Morgan fingerprint density at radius 1 is 1.44 bits per heavy atom. The molecular formula is C17H20N6OS. The average molecular weight is 356 g/mol. The lowest BCUT2D eigenvalue weighted by molar-refractivity contribution is 0.199. The summed E-state index contributed by atoms with van der Waals surface area (Å²) < 4.78 is 0. The van der Waals surface area contributed by atoms with E-state index < -0.39 is 0 Å². The molecule has 2 amide bonds. The maximum atomic E-state index is 12.0. The number of amides is 2. The van der Waals surface area contributed by atoms with E-state index in [1.54, 1.807) is 12.4 Å². The summed E-state index contributed by atoms with van der Waals surface area (Å²) in [5, 5.41) is 16.9. The minimum absolute atomic E-state index is 0.230. The van der Waals surface area contributed by atoms with Crippen molar-refractivity contribution in [2.45, 2.75) is 12.8 Å². The molecule has 0 atom stereocenters. The Bertz CT molecular complexity index is 733. The predicted molar refractivity (Wildman–Crippen MR) is 97.1 cm³/mol. The Balaban J connectivity index is 1.43. The zero-order valence-corrected chi connectivity index (χ0v) is 14.6. The number of pyridine rings is 1. The van der Waals surface area contributed by atoms with E-state index in [4.69, 9.17) is 5.26 Å². The number of hydrogen-bond acceptors (Lipinski definition) is 6. The number of rotatable bonds is 5. The van der Waals surface area contributed by atoms with Crippen molar-refractivity contribution in [3.05, 3.63) is 29.9 Å². The number of nitrogens with one attached hydrogen (secondary N) is 2. The molecule has 2 aromatic rings. The highest BCUT2D eigenvalue weighted by Crippen LogP contribution is 2.24. The Labute approximate surface area is 150 Å². The summed E-state index contributed by atoms with van der Waals surface area (Å²) in [6.45, 7) is 2.97. The zero-order valence-electron chi connectivity index (χ0n) is 13.8. The lowest BCUT2D eigenvalue weighted by atomic mass is 9.97. The minimum atomic E-state index is -0.230. The van der Waals surface area contributed by atoms with Gasteiger partial charge in [-0.2, -0.15) is 5.26 Å². The first-order chi connectivity index (χ1) is 12.2. The minimum Gasteiger partial charge on any atom is -0.338 e. The molecule has 1 aliphatic heterocycles. The highest BCUT2D eigenvalue weighted by molar-refractivity contribution is 7.14. The molecule has 130 valence electrons. The van der Waals surface area contributed by atoms with Gasteiger partial charge in [-0.05, 0) is 44.0 Å². The molecule has 25 heavy (non-hydrogen) atoms. The van der Waals surface area contributed by atoms with Crippen molar-refractivity contribution in [1.82, 2.24) is 20.2 Å². The second-order valence-electron chi connectivity index (χ2n) is 5.99. The van der Waals surface area contributed by atoms with Crippen LogP contribution in [-0.4, -0.2) is 47.1 Å². The summed E-state index contributed by atoms with van der Waals surface area (Å²) in [7, 11) is 0. The fourth-order valence-electron chi connectivity index (χ4n) is 2.81. The van der Waals surface area contributed by atoms with Crippen LogP contribution in [0.1, 0.15) is 12.8 Å². The van der Waals surface area contributed by atoms with Gasteiger partial charge in [0.15, 0.2) is 5.13 Å². The number of piperidine rings is 1. The number of nitrogens with zero attached hydrogens (tertiary/aromatic N) is 4. The van der Waals surface area contributed by atoms with Gasteiger partial charge in [0.1, 0.15) is 0 Å². The standard InChI is InChI=1S/C17H20N6OS/c18-5-9-23-7-3-13(4-8-23)10-20-16(24)22-17-21-15(12-25-17)14-2-1-6-19-11-14/h1-2,6,11-13H,3-4,7-10H2,(H2,20,21,22,24). The number of carbonyl (C=O) groups excluding carboxylic acids is 1. The third-order valence-electron chi connectivity index (χ3n) is 4.23. The van der Waals surface area contributed by atoms with Crippen molar-refractivity contribution in [3.8, 4) is 17.3 Å². The highest BCUT2D eigenvalue weighted by Gasteiger charge is 2.19. The van der Waals surface area contributed by atoms with E-state index in [0.29, 0.717) is 24.1 Å². The van der Waals surface area contributed by atoms with Crippen LogP contribution in [0.5, 0.6) is 0 Å². The summed E-state index contributed by atoms with van der Waals surface area (Å²) in [6.07, 6.45) is 5.47. The normalized spacial score (nSPS) is 15.5. The Hall–Kier alpha value is -2.50. The van der Waals surface area contributed by atoms with Gasteiger partial charge in [-0.25, -0.2) is 9.78 Å². The van der Waals surface area contributed by atoms with Crippen LogP contribution in [0, 0.1) is 17.2 Å². The quantitative estimate of drug-likeness (QED) is 0.803. The first kappa shape index (κ1) is 17.3. The van der Waals surface area contributed by atoms with Gasteiger partial charge in [0.2, 0.25) is 0 Å². The van der Waals surface area contributed by atoms with E-state index in [1.807, 2.05) is 17.5 Å². The molecule has 0 aliphatic carbocycles. The number of nitriles is 1. The molecule has 0 unspecified atom stereocenters. The van der Waals surface area contributed by atoms with Crippen LogP contribution < -0.4 is 10.6 Å². The van der Waals surface area contributed by atoms with Gasteiger partial charge in [0, 0.05) is 29.9 Å². The third kappa shape index (κ3) is 4.98. The van der Waals surface area contributed by atoms with Crippen LogP contribution in [0.25, 0.3) is 11.3 Å². The van der Waals surface area contributed by atoms with E-state index in [0.717, 1.165) is 37.2 Å². The smallest absolute Gasteiger partial charge is 0.321 e. The average Bonchev–Trinajstić information content (AvgIpc) is 3.11. The number of urea groups is 1. The van der Waals surface area contributed by atoms with Crippen molar-refractivity contribution in [1.29, 1.82) is 5.26 Å². The van der Waals surface area contributed by atoms with Gasteiger partial charge in [-0.15, -0.1) is 11.3 Å². The van der Waals surface area contributed by atoms with Gasteiger partial charge in [0.05, 0.1) is 18.3 Å². The molecule has 0 bridgehead atoms. The Morgan fingerprint density at radius 2 is 2.28 bits per heavy atom. The van der Waals surface area contributed by atoms with Gasteiger partial charge < -0.3 is 5.32 Å². The van der Waals surface area contributed by atoms with Crippen LogP contribution >= 0.6 is 11.3 Å². The monoisotopic (exact) mass is 356 g/mol. The molecular weight excluding hydrogens is 336 g/mol. The molecule has 2 N–H and O–H groups in total. The van der Waals surface area contributed by atoms with E-state index in [2.05, 4.69) is 31.6 Å². The summed E-state index contributed by atoms with van der Waals surface area (Å²) in [6, 6.07) is 5.74. The maximum Gasteiger partial charge on any atom is 0.321 e. The number of thiazole rings is 1. The maximum absolute atomic E-state index is 12.0. The van der Waals surface area contributed by atoms with Gasteiger partial charge in [0.25, 0.3) is 0 Å². The Kier molecular flexibility index (Phi) is 5.93. The Morgan fingerprint density at radius 3 is 3.00 bits per heavy atom. The second-order valence-corrected chi connectivity index (χ2v) is 6.85. The van der Waals surface area contributed by atoms with Crippen molar-refractivity contribution >= 4 is 22.5 Å². The molecule has 0 aromatic carbocycles. The van der Waals surface area contributed by atoms with Crippen molar-refractivity contribution < 1.29 is 4.79 Å². The first-order valence-corrected chi connectivity index (χ1v) is 9.12. The summed E-state index contributed by atoms with van der Waals surface area (Å²) in [5.41, 5.74) is 1.73. The number of aromatic nitrogens is 2. The van der Waals surface area contributed by atoms with Crippen molar-refractivity contribution in [3.63, 3.8) is 0 Å². The van der Waals surface area contributed by atoms with Crippen LogP contribution in [0.4, 0.5) is 9.93 Å². The highest BCUT2D eigenvalue weighted by atomic mass is 32.1. The van der Waals surface area contributed by atoms with E-state index in [9.17, 15) is 4.79 Å². The van der Waals surface area contributed by atoms with Crippen LogP contribution in [0.15, 0.2) is 29.9 Å². The summed E-state index contributed by atoms with van der Waals surface area (Å²) in [5.74, 6) is 0.461. The van der Waals surface area contributed by atoms with E-state index >= 15 is 0 Å². The molecule has 3 heterocycles. The molecule has 8 heteroatoms. The van der Waals surface area contributed by atoms with Crippen molar-refractivity contribution in [2.75, 3.05) is 31.5 Å². The summed E-state index contributed by atoms with van der Waals surface area (Å²) >= 11 is 1.39. The molecule has 0 saturated carbocycles. The first-order valence-electron chi connectivity index (χ1n) is 8.24. The number of likely N-dealkylation sites (tertiary alicyclic amines) is 1. The zero-order chi connectivity index (χ0) is 17.5. The number of carbonyl (C=O) groups is 1. The van der Waals surface area contributed by atoms with E-state index in [1.165, 1.54) is 11.3 Å². The second kappa shape index (κ2) is 8.55. The van der Waals surface area contributed by atoms with E-state index in [-0.39, 0.29) is 6.03 Å². The molecule has 1 fully saturated rings. The molecule has 0 radical (unpaired) electrons. The fraction of sp³-hybridized carbons (Fsp3) is 0.412. The SMILES string of the molecule is N#CCN1CCC(CNC(=O)Nc2nc(-c3cccnc3)cs2)CC1. The van der Waals surface area contributed by atoms with Gasteiger partial charge >= 0.3 is 6.03 Å². The predicted octanol–water partition coefficient (Wildman–Crippen LogP) is 2.56. The number of anilines is 1. The van der Waals surface area contributed by atoms with Crippen LogP contribution in [0.2, 0.25) is 0 Å². The molecule has 1 saturated heterocycles. The molecule has 1 aliphatic rings. The number of hydrogen-bond donors (Lipinski definition) is 2. The molecule has 3 rings (SSSR count). The van der Waals surface area contributed by atoms with Crippen LogP contribution in [0.3, 0.4) is 0 Å². The van der Waals surface area contributed by atoms with Gasteiger partial charge in [-0.1, -0.05) is 0 Å².